The average Bonchev–Trinajstić information content (AvgIpc) is 2.91. The molecule has 0 saturated carbocycles. The third-order valence-corrected chi connectivity index (χ3v) is 3.74. The number of halogens is 1. The van der Waals surface area contributed by atoms with Crippen molar-refractivity contribution in [1.82, 2.24) is 0 Å². The first-order valence-corrected chi connectivity index (χ1v) is 6.81. The summed E-state index contributed by atoms with van der Waals surface area (Å²) in [5.74, 6) is 1.56. The van der Waals surface area contributed by atoms with Crippen molar-refractivity contribution in [2.24, 2.45) is 0 Å². The van der Waals surface area contributed by atoms with Crippen LogP contribution in [-0.2, 0) is 4.79 Å². The molecule has 2 aromatic rings. The van der Waals surface area contributed by atoms with E-state index in [9.17, 15) is 4.79 Å². The van der Waals surface area contributed by atoms with Gasteiger partial charge in [-0.25, -0.2) is 0 Å². The monoisotopic (exact) mass is 307 g/mol. The lowest BCUT2D eigenvalue weighted by Gasteiger charge is -2.25. The molecule has 2 heterocycles. The molecule has 3 rings (SSSR count). The number of anilines is 1. The topological polar surface area (TPSA) is 60.7 Å². The molecule has 0 fully saturated rings. The molecule has 1 aromatic carbocycles. The van der Waals surface area contributed by atoms with Gasteiger partial charge in [0.25, 0.3) is 0 Å². The fourth-order valence-corrected chi connectivity index (χ4v) is 2.71. The fraction of sp³-hybridized carbons (Fsp3) is 0.267. The second-order valence-electron chi connectivity index (χ2n) is 4.74. The van der Waals surface area contributed by atoms with Crippen LogP contribution in [0, 0.1) is 0 Å². The predicted octanol–water partition coefficient (Wildman–Crippen LogP) is 3.42. The number of ether oxygens (including phenoxy) is 2. The first-order chi connectivity index (χ1) is 10.1. The van der Waals surface area contributed by atoms with Gasteiger partial charge in [0, 0.05) is 18.2 Å². The zero-order valence-corrected chi connectivity index (χ0v) is 12.4. The van der Waals surface area contributed by atoms with Gasteiger partial charge in [-0.2, -0.15) is 0 Å². The summed E-state index contributed by atoms with van der Waals surface area (Å²) < 4.78 is 16.1. The van der Waals surface area contributed by atoms with Crippen molar-refractivity contribution < 1.29 is 18.7 Å². The summed E-state index contributed by atoms with van der Waals surface area (Å²) in [7, 11) is 3.13. The van der Waals surface area contributed by atoms with Crippen molar-refractivity contribution in [3.63, 3.8) is 0 Å². The van der Waals surface area contributed by atoms with E-state index in [-0.39, 0.29) is 11.8 Å². The van der Waals surface area contributed by atoms with E-state index >= 15 is 0 Å². The molecule has 21 heavy (non-hydrogen) atoms. The number of methoxy groups -OCH3 is 2. The second kappa shape index (κ2) is 5.33. The molecule has 0 spiro atoms. The second-order valence-corrected chi connectivity index (χ2v) is 5.11. The first-order valence-electron chi connectivity index (χ1n) is 6.43. The average molecular weight is 308 g/mol. The van der Waals surface area contributed by atoms with Crippen LogP contribution in [0.2, 0.25) is 5.22 Å². The molecule has 110 valence electrons. The van der Waals surface area contributed by atoms with Crippen LogP contribution >= 0.6 is 11.6 Å². The van der Waals surface area contributed by atoms with E-state index in [1.54, 1.807) is 32.4 Å². The Morgan fingerprint density at radius 3 is 2.57 bits per heavy atom. The Kier molecular flexibility index (Phi) is 3.51. The van der Waals surface area contributed by atoms with E-state index in [0.717, 1.165) is 5.56 Å². The van der Waals surface area contributed by atoms with Crippen LogP contribution < -0.4 is 14.8 Å². The van der Waals surface area contributed by atoms with E-state index in [2.05, 4.69) is 5.32 Å². The summed E-state index contributed by atoms with van der Waals surface area (Å²) in [5.41, 5.74) is 1.61. The van der Waals surface area contributed by atoms with Gasteiger partial charge in [-0.15, -0.1) is 0 Å². The summed E-state index contributed by atoms with van der Waals surface area (Å²) in [6.45, 7) is 0. The Labute approximate surface area is 126 Å². The number of benzene rings is 1. The Bertz CT molecular complexity index is 695. The molecule has 1 N–H and O–H groups in total. The summed E-state index contributed by atoms with van der Waals surface area (Å²) >= 11 is 5.84. The molecule has 5 nitrogen and oxygen atoms in total. The van der Waals surface area contributed by atoms with E-state index in [4.69, 9.17) is 25.5 Å². The minimum atomic E-state index is -0.193. The molecule has 1 aliphatic heterocycles. The van der Waals surface area contributed by atoms with Gasteiger partial charge in [0.1, 0.15) is 5.76 Å². The third kappa shape index (κ3) is 2.45. The van der Waals surface area contributed by atoms with Gasteiger partial charge < -0.3 is 19.2 Å². The largest absolute Gasteiger partial charge is 0.493 e. The zero-order valence-electron chi connectivity index (χ0n) is 11.6. The molecular formula is C15H14ClNO4. The minimum Gasteiger partial charge on any atom is -0.493 e. The van der Waals surface area contributed by atoms with Crippen LogP contribution in [0.5, 0.6) is 11.5 Å². The molecule has 6 heteroatoms. The highest BCUT2D eigenvalue weighted by Gasteiger charge is 2.30. The Morgan fingerprint density at radius 2 is 1.95 bits per heavy atom. The van der Waals surface area contributed by atoms with Crippen LogP contribution in [0.1, 0.15) is 23.7 Å². The predicted molar refractivity (Wildman–Crippen MR) is 78.4 cm³/mol. The summed E-state index contributed by atoms with van der Waals surface area (Å²) in [6, 6.07) is 7.06. The maximum Gasteiger partial charge on any atom is 0.225 e. The summed E-state index contributed by atoms with van der Waals surface area (Å²) in [4.78, 5) is 11.9. The Hall–Kier alpha value is -2.14. The Balaban J connectivity index is 2.12. The van der Waals surface area contributed by atoms with Crippen molar-refractivity contribution in [2.75, 3.05) is 19.5 Å². The normalized spacial score (nSPS) is 17.1. The lowest BCUT2D eigenvalue weighted by Crippen LogP contribution is -2.23. The number of carbonyl (C=O) groups is 1. The van der Waals surface area contributed by atoms with Crippen molar-refractivity contribution >= 4 is 23.2 Å². The lowest BCUT2D eigenvalue weighted by atomic mass is 9.88. The maximum atomic E-state index is 11.9. The van der Waals surface area contributed by atoms with Crippen molar-refractivity contribution in [3.05, 3.63) is 40.8 Å². The number of amides is 1. The maximum absolute atomic E-state index is 11.9. The van der Waals surface area contributed by atoms with Gasteiger partial charge in [-0.1, -0.05) is 0 Å². The molecule has 0 radical (unpaired) electrons. The standard InChI is InChI=1S/C15H14ClNO4/c1-19-12-5-8-9(11-3-4-14(16)21-11)6-15(18)17-10(8)7-13(12)20-2/h3-5,7,9H,6H2,1-2H3,(H,17,18). The van der Waals surface area contributed by atoms with Crippen molar-refractivity contribution in [3.8, 4) is 11.5 Å². The number of hydrogen-bond acceptors (Lipinski definition) is 4. The minimum absolute atomic E-state index is 0.0766. The SMILES string of the molecule is COc1cc2c(cc1OC)C(c1ccc(Cl)o1)CC(=O)N2. The summed E-state index contributed by atoms with van der Waals surface area (Å²) in [6.07, 6.45) is 0.298. The summed E-state index contributed by atoms with van der Waals surface area (Å²) in [5, 5.41) is 3.15. The number of hydrogen-bond donors (Lipinski definition) is 1. The molecule has 0 saturated heterocycles. The zero-order chi connectivity index (χ0) is 15.0. The van der Waals surface area contributed by atoms with Gasteiger partial charge in [0.2, 0.25) is 5.91 Å². The van der Waals surface area contributed by atoms with Gasteiger partial charge in [0.15, 0.2) is 16.7 Å². The molecule has 1 aromatic heterocycles. The highest BCUT2D eigenvalue weighted by atomic mass is 35.5. The number of rotatable bonds is 3. The van der Waals surface area contributed by atoms with E-state index in [1.807, 2.05) is 6.07 Å². The highest BCUT2D eigenvalue weighted by Crippen LogP contribution is 2.43. The van der Waals surface area contributed by atoms with Gasteiger partial charge in [-0.05, 0) is 35.4 Å². The molecule has 0 bridgehead atoms. The van der Waals surface area contributed by atoms with Gasteiger partial charge >= 0.3 is 0 Å². The van der Waals surface area contributed by atoms with Crippen LogP contribution in [0.25, 0.3) is 0 Å². The van der Waals surface area contributed by atoms with Gasteiger partial charge in [-0.3, -0.25) is 4.79 Å². The number of nitrogens with one attached hydrogen (secondary N) is 1. The van der Waals surface area contributed by atoms with E-state index in [0.29, 0.717) is 34.6 Å². The number of furan rings is 1. The first kappa shape index (κ1) is 13.8. The quantitative estimate of drug-likeness (QED) is 0.944. The van der Waals surface area contributed by atoms with Crippen LogP contribution in [0.3, 0.4) is 0 Å². The lowest BCUT2D eigenvalue weighted by molar-refractivity contribution is -0.116. The Morgan fingerprint density at radius 1 is 1.24 bits per heavy atom. The molecule has 1 atom stereocenters. The van der Waals surface area contributed by atoms with Crippen LogP contribution in [0.15, 0.2) is 28.7 Å². The molecule has 1 aliphatic rings. The van der Waals surface area contributed by atoms with Crippen LogP contribution in [-0.4, -0.2) is 20.1 Å². The molecule has 1 amide bonds. The van der Waals surface area contributed by atoms with Crippen molar-refractivity contribution in [1.29, 1.82) is 0 Å². The smallest absolute Gasteiger partial charge is 0.225 e. The van der Waals surface area contributed by atoms with Crippen LogP contribution in [0.4, 0.5) is 5.69 Å². The highest BCUT2D eigenvalue weighted by molar-refractivity contribution is 6.28. The molecule has 0 aliphatic carbocycles. The third-order valence-electron chi connectivity index (χ3n) is 3.53. The van der Waals surface area contributed by atoms with Crippen molar-refractivity contribution in [2.45, 2.75) is 12.3 Å². The molecule has 1 unspecified atom stereocenters. The van der Waals surface area contributed by atoms with E-state index in [1.165, 1.54) is 0 Å². The van der Waals surface area contributed by atoms with Gasteiger partial charge in [0.05, 0.1) is 20.1 Å². The number of carbonyl (C=O) groups excluding carboxylic acids is 1. The number of fused-ring (bicyclic) bond motifs is 1. The molecular weight excluding hydrogens is 294 g/mol. The fourth-order valence-electron chi connectivity index (χ4n) is 2.56. The van der Waals surface area contributed by atoms with E-state index < -0.39 is 0 Å².